The minimum atomic E-state index is -0.649. The molecule has 1 heterocycles. The predicted octanol–water partition coefficient (Wildman–Crippen LogP) is 3.41. The molecule has 2 amide bonds. The van der Waals surface area contributed by atoms with Crippen molar-refractivity contribution in [3.63, 3.8) is 0 Å². The number of benzene rings is 2. The van der Waals surface area contributed by atoms with E-state index in [2.05, 4.69) is 15.8 Å². The summed E-state index contributed by atoms with van der Waals surface area (Å²) in [4.78, 5) is 27.2. The van der Waals surface area contributed by atoms with Crippen LogP contribution in [-0.2, 0) is 4.79 Å². The summed E-state index contributed by atoms with van der Waals surface area (Å²) in [7, 11) is 3.83. The number of carbonyl (C=O) groups excluding carboxylic acids is 2. The van der Waals surface area contributed by atoms with Crippen LogP contribution in [0.2, 0.25) is 0 Å². The van der Waals surface area contributed by atoms with Crippen LogP contribution in [0.25, 0.3) is 6.08 Å². The maximum Gasteiger partial charge on any atom is 0.287 e. The zero-order valence-electron chi connectivity index (χ0n) is 17.0. The standard InChI is InChI=1S/C23H21FN4O3/c1-28(2)19-10-8-16(9-11-19)13-21(23(30)27-25-15-20-7-4-12-31-20)26-22(29)17-5-3-6-18(24)14-17/h3-15H,1-2H3,(H,26,29)(H,27,30)/b21-13+,25-15+. The Morgan fingerprint density at radius 3 is 2.48 bits per heavy atom. The van der Waals surface area contributed by atoms with Crippen molar-refractivity contribution < 1.29 is 18.4 Å². The molecular weight excluding hydrogens is 399 g/mol. The molecule has 0 saturated carbocycles. The van der Waals surface area contributed by atoms with E-state index in [1.807, 2.05) is 43.3 Å². The van der Waals surface area contributed by atoms with Crippen molar-refractivity contribution in [1.82, 2.24) is 10.7 Å². The zero-order valence-corrected chi connectivity index (χ0v) is 17.0. The molecule has 0 aliphatic carbocycles. The highest BCUT2D eigenvalue weighted by molar-refractivity contribution is 6.05. The second-order valence-electron chi connectivity index (χ2n) is 6.72. The van der Waals surface area contributed by atoms with Crippen molar-refractivity contribution in [2.24, 2.45) is 5.10 Å². The molecule has 0 saturated heterocycles. The third kappa shape index (κ3) is 6.14. The van der Waals surface area contributed by atoms with Crippen LogP contribution < -0.4 is 15.6 Å². The van der Waals surface area contributed by atoms with E-state index < -0.39 is 17.6 Å². The molecule has 0 aliphatic heterocycles. The molecule has 2 N–H and O–H groups in total. The number of anilines is 1. The smallest absolute Gasteiger partial charge is 0.287 e. The van der Waals surface area contributed by atoms with Gasteiger partial charge in [-0.05, 0) is 54.1 Å². The molecule has 8 heteroatoms. The average molecular weight is 420 g/mol. The molecule has 0 atom stereocenters. The van der Waals surface area contributed by atoms with Crippen LogP contribution in [0.15, 0.2) is 82.1 Å². The highest BCUT2D eigenvalue weighted by Crippen LogP contribution is 2.15. The van der Waals surface area contributed by atoms with Crippen LogP contribution in [0, 0.1) is 5.82 Å². The van der Waals surface area contributed by atoms with Gasteiger partial charge in [-0.1, -0.05) is 18.2 Å². The van der Waals surface area contributed by atoms with Crippen molar-refractivity contribution in [2.75, 3.05) is 19.0 Å². The number of hydrazone groups is 1. The predicted molar refractivity (Wildman–Crippen MR) is 117 cm³/mol. The molecule has 0 bridgehead atoms. The molecule has 7 nitrogen and oxygen atoms in total. The Hall–Kier alpha value is -4.20. The van der Waals surface area contributed by atoms with Crippen LogP contribution in [-0.4, -0.2) is 32.1 Å². The lowest BCUT2D eigenvalue weighted by Gasteiger charge is -2.12. The maximum absolute atomic E-state index is 13.5. The van der Waals surface area contributed by atoms with Crippen molar-refractivity contribution >= 4 is 29.8 Å². The van der Waals surface area contributed by atoms with E-state index in [4.69, 9.17) is 4.42 Å². The molecule has 0 fully saturated rings. The molecule has 31 heavy (non-hydrogen) atoms. The second-order valence-corrected chi connectivity index (χ2v) is 6.72. The normalized spacial score (nSPS) is 11.4. The average Bonchev–Trinajstić information content (AvgIpc) is 3.27. The molecule has 3 aromatic rings. The molecule has 3 rings (SSSR count). The Morgan fingerprint density at radius 2 is 1.84 bits per heavy atom. The molecule has 0 radical (unpaired) electrons. The maximum atomic E-state index is 13.5. The van der Waals surface area contributed by atoms with E-state index in [0.717, 1.165) is 11.8 Å². The van der Waals surface area contributed by atoms with Crippen LogP contribution >= 0.6 is 0 Å². The first-order chi connectivity index (χ1) is 14.9. The molecule has 1 aromatic heterocycles. The molecule has 0 unspecified atom stereocenters. The lowest BCUT2D eigenvalue weighted by Crippen LogP contribution is -2.32. The lowest BCUT2D eigenvalue weighted by atomic mass is 10.1. The summed E-state index contributed by atoms with van der Waals surface area (Å²) in [5.41, 5.74) is 4.04. The van der Waals surface area contributed by atoms with Crippen molar-refractivity contribution in [1.29, 1.82) is 0 Å². The number of hydrogen-bond donors (Lipinski definition) is 2. The lowest BCUT2D eigenvalue weighted by molar-refractivity contribution is -0.117. The van der Waals surface area contributed by atoms with E-state index in [9.17, 15) is 14.0 Å². The van der Waals surface area contributed by atoms with E-state index in [1.54, 1.807) is 12.1 Å². The number of nitrogens with zero attached hydrogens (tertiary/aromatic N) is 2. The number of halogens is 1. The van der Waals surface area contributed by atoms with Gasteiger partial charge in [0.15, 0.2) is 0 Å². The number of nitrogens with one attached hydrogen (secondary N) is 2. The summed E-state index contributed by atoms with van der Waals surface area (Å²) in [5, 5.41) is 6.36. The molecule has 158 valence electrons. The summed E-state index contributed by atoms with van der Waals surface area (Å²) < 4.78 is 18.6. The minimum Gasteiger partial charge on any atom is -0.463 e. The van der Waals surface area contributed by atoms with Gasteiger partial charge < -0.3 is 14.6 Å². The van der Waals surface area contributed by atoms with Gasteiger partial charge in [-0.25, -0.2) is 9.82 Å². The van der Waals surface area contributed by atoms with Gasteiger partial charge in [0.2, 0.25) is 0 Å². The summed E-state index contributed by atoms with van der Waals surface area (Å²) in [6, 6.07) is 15.9. The van der Waals surface area contributed by atoms with E-state index in [0.29, 0.717) is 11.3 Å². The fourth-order valence-electron chi connectivity index (χ4n) is 2.60. The topological polar surface area (TPSA) is 86.9 Å². The summed E-state index contributed by atoms with van der Waals surface area (Å²) in [6.07, 6.45) is 4.31. The van der Waals surface area contributed by atoms with Gasteiger partial charge in [-0.2, -0.15) is 5.10 Å². The van der Waals surface area contributed by atoms with Gasteiger partial charge in [-0.3, -0.25) is 9.59 Å². The zero-order chi connectivity index (χ0) is 22.2. The van der Waals surface area contributed by atoms with Crippen molar-refractivity contribution in [2.45, 2.75) is 0 Å². The van der Waals surface area contributed by atoms with Gasteiger partial charge in [0, 0.05) is 25.3 Å². The number of rotatable bonds is 7. The Morgan fingerprint density at radius 1 is 1.06 bits per heavy atom. The molecule has 0 spiro atoms. The highest BCUT2D eigenvalue weighted by atomic mass is 19.1. The largest absolute Gasteiger partial charge is 0.463 e. The molecular formula is C23H21FN4O3. The van der Waals surface area contributed by atoms with Crippen LogP contribution in [0.1, 0.15) is 21.7 Å². The fraction of sp³-hybridized carbons (Fsp3) is 0.0870. The van der Waals surface area contributed by atoms with E-state index in [-0.39, 0.29) is 11.3 Å². The van der Waals surface area contributed by atoms with Crippen LogP contribution in [0.5, 0.6) is 0 Å². The first-order valence-corrected chi connectivity index (χ1v) is 9.35. The summed E-state index contributed by atoms with van der Waals surface area (Å²) in [5.74, 6) is -1.37. The highest BCUT2D eigenvalue weighted by Gasteiger charge is 2.15. The minimum absolute atomic E-state index is 0.0524. The Kier molecular flexibility index (Phi) is 6.95. The van der Waals surface area contributed by atoms with E-state index in [1.165, 1.54) is 36.8 Å². The first kappa shape index (κ1) is 21.5. The van der Waals surface area contributed by atoms with Gasteiger partial charge in [0.1, 0.15) is 17.3 Å². The first-order valence-electron chi connectivity index (χ1n) is 9.35. The van der Waals surface area contributed by atoms with Crippen molar-refractivity contribution in [3.8, 4) is 0 Å². The third-order valence-corrected chi connectivity index (χ3v) is 4.20. The number of carbonyl (C=O) groups is 2. The van der Waals surface area contributed by atoms with Gasteiger partial charge >= 0.3 is 0 Å². The summed E-state index contributed by atoms with van der Waals surface area (Å²) in [6.45, 7) is 0. The Labute approximate surface area is 178 Å². The Bertz CT molecular complexity index is 1100. The van der Waals surface area contributed by atoms with Crippen molar-refractivity contribution in [3.05, 3.63) is 95.3 Å². The fourth-order valence-corrected chi connectivity index (χ4v) is 2.60. The molecule has 0 aliphatic rings. The molecule has 2 aromatic carbocycles. The SMILES string of the molecule is CN(C)c1ccc(/C=C(/NC(=O)c2cccc(F)c2)C(=O)N/N=C/c2ccco2)cc1. The van der Waals surface area contributed by atoms with Crippen LogP contribution in [0.4, 0.5) is 10.1 Å². The van der Waals surface area contributed by atoms with Crippen LogP contribution in [0.3, 0.4) is 0 Å². The number of furan rings is 1. The quantitative estimate of drug-likeness (QED) is 0.348. The monoisotopic (exact) mass is 420 g/mol. The summed E-state index contributed by atoms with van der Waals surface area (Å²) >= 11 is 0. The second kappa shape index (κ2) is 10.0. The van der Waals surface area contributed by atoms with Gasteiger partial charge in [-0.15, -0.1) is 0 Å². The van der Waals surface area contributed by atoms with Gasteiger partial charge in [0.25, 0.3) is 11.8 Å². The van der Waals surface area contributed by atoms with E-state index >= 15 is 0 Å². The number of hydrogen-bond acceptors (Lipinski definition) is 5. The third-order valence-electron chi connectivity index (χ3n) is 4.20. The van der Waals surface area contributed by atoms with Gasteiger partial charge in [0.05, 0.1) is 12.5 Å². The Balaban J connectivity index is 1.83. The number of amides is 2.